The lowest BCUT2D eigenvalue weighted by atomic mass is 9.91. The van der Waals surface area contributed by atoms with Crippen molar-refractivity contribution in [3.05, 3.63) is 106 Å². The molecule has 0 spiro atoms. The van der Waals surface area contributed by atoms with Gasteiger partial charge in [0.05, 0.1) is 18.8 Å². The third kappa shape index (κ3) is 7.88. The molecule has 0 amide bonds. The minimum absolute atomic E-state index is 0.0122. The first kappa shape index (κ1) is 36.4. The van der Waals surface area contributed by atoms with Gasteiger partial charge >= 0.3 is 6.18 Å². The van der Waals surface area contributed by atoms with Crippen molar-refractivity contribution >= 4 is 29.7 Å². The Hall–Kier alpha value is -4.97. The van der Waals surface area contributed by atoms with Crippen LogP contribution in [0.3, 0.4) is 0 Å². The summed E-state index contributed by atoms with van der Waals surface area (Å²) < 4.78 is 60.1. The summed E-state index contributed by atoms with van der Waals surface area (Å²) in [6.07, 6.45) is -0.492. The number of rotatable bonds is 11. The van der Waals surface area contributed by atoms with Gasteiger partial charge in [0.25, 0.3) is 6.47 Å². The van der Waals surface area contributed by atoms with Gasteiger partial charge in [-0.3, -0.25) is 14.6 Å². The molecule has 1 aromatic heterocycles. The van der Waals surface area contributed by atoms with Crippen molar-refractivity contribution in [2.75, 3.05) is 33.3 Å². The number of hydrogen-bond acceptors (Lipinski definition) is 8. The van der Waals surface area contributed by atoms with Crippen molar-refractivity contribution in [3.63, 3.8) is 0 Å². The second-order valence-electron chi connectivity index (χ2n) is 14.0. The van der Waals surface area contributed by atoms with Gasteiger partial charge in [0, 0.05) is 50.4 Å². The molecule has 8 nitrogen and oxygen atoms in total. The first-order chi connectivity index (χ1) is 25.5. The molecule has 0 radical (unpaired) electrons. The van der Waals surface area contributed by atoms with E-state index in [0.717, 1.165) is 64.0 Å². The van der Waals surface area contributed by atoms with Crippen molar-refractivity contribution in [1.29, 1.82) is 0 Å². The molecule has 2 fully saturated rings. The highest BCUT2D eigenvalue weighted by Gasteiger charge is 2.34. The number of benzene rings is 4. The fourth-order valence-electron chi connectivity index (χ4n) is 7.57. The van der Waals surface area contributed by atoms with E-state index in [1.165, 1.54) is 25.3 Å². The highest BCUT2D eigenvalue weighted by atomic mass is 19.4. The number of β-amino-alcohol motifs (C(OH)–C–C–N with tert-alkyl or cyclic N) is 1. The van der Waals surface area contributed by atoms with Crippen LogP contribution in [0.4, 0.5) is 13.2 Å². The highest BCUT2D eigenvalue weighted by Crippen LogP contribution is 2.39. The Bertz CT molecular complexity index is 2160. The smallest absolute Gasteiger partial charge is 0.417 e. The second kappa shape index (κ2) is 15.2. The van der Waals surface area contributed by atoms with Gasteiger partial charge in [-0.05, 0) is 96.0 Å². The number of hydrogen-bond donors (Lipinski definition) is 1. The summed E-state index contributed by atoms with van der Waals surface area (Å²) in [5.74, 6) is 0.877. The molecule has 0 saturated carbocycles. The second-order valence-corrected chi connectivity index (χ2v) is 14.0. The van der Waals surface area contributed by atoms with E-state index >= 15 is 0 Å². The Balaban J connectivity index is 1.15. The predicted molar refractivity (Wildman–Crippen MR) is 198 cm³/mol. The summed E-state index contributed by atoms with van der Waals surface area (Å²) in [5.41, 5.74) is 7.66. The fraction of sp³-hybridized carbons (Fsp3) is 0.333. The van der Waals surface area contributed by atoms with E-state index in [9.17, 15) is 23.1 Å². The number of oxazole rings is 1. The van der Waals surface area contributed by atoms with Crippen LogP contribution >= 0.6 is 0 Å². The zero-order valence-corrected chi connectivity index (χ0v) is 30.0. The van der Waals surface area contributed by atoms with Gasteiger partial charge < -0.3 is 19.0 Å². The van der Waals surface area contributed by atoms with E-state index in [-0.39, 0.29) is 18.2 Å². The summed E-state index contributed by atoms with van der Waals surface area (Å²) in [7, 11) is 1.46. The Morgan fingerprint density at radius 1 is 0.887 bits per heavy atom. The Labute approximate surface area is 306 Å². The van der Waals surface area contributed by atoms with Crippen LogP contribution in [0.5, 0.6) is 5.75 Å². The largest absolute Gasteiger partial charge is 0.496 e. The number of carbonyl (C=O) groups is 1. The van der Waals surface area contributed by atoms with Crippen LogP contribution in [0.1, 0.15) is 51.8 Å². The van der Waals surface area contributed by atoms with Crippen LogP contribution in [-0.4, -0.2) is 71.9 Å². The van der Waals surface area contributed by atoms with Crippen LogP contribution in [0.25, 0.3) is 45.8 Å². The number of carbonyl (C=O) groups excluding carboxylic acids is 1. The van der Waals surface area contributed by atoms with E-state index in [2.05, 4.69) is 4.90 Å². The summed E-state index contributed by atoms with van der Waals surface area (Å²) >= 11 is 0. The summed E-state index contributed by atoms with van der Waals surface area (Å²) in [5, 5.41) is 9.92. The highest BCUT2D eigenvalue weighted by molar-refractivity contribution is 5.83. The Morgan fingerprint density at radius 2 is 1.60 bits per heavy atom. The first-order valence-electron chi connectivity index (χ1n) is 17.8. The fourth-order valence-corrected chi connectivity index (χ4v) is 7.57. The molecule has 3 heterocycles. The van der Waals surface area contributed by atoms with E-state index in [0.29, 0.717) is 55.3 Å². The number of fused-ring (bicyclic) bond motifs is 1. The number of aliphatic hydroxyl groups excluding tert-OH is 1. The molecule has 0 unspecified atom stereocenters. The van der Waals surface area contributed by atoms with Gasteiger partial charge in [0.2, 0.25) is 5.89 Å². The van der Waals surface area contributed by atoms with Crippen molar-refractivity contribution in [3.8, 4) is 28.3 Å². The zero-order chi connectivity index (χ0) is 37.3. The quantitative estimate of drug-likeness (QED) is 0.108. The summed E-state index contributed by atoms with van der Waals surface area (Å²) in [4.78, 5) is 19.8. The van der Waals surface area contributed by atoms with Crippen molar-refractivity contribution < 1.29 is 37.0 Å². The minimum Gasteiger partial charge on any atom is -0.496 e. The first-order valence-corrected chi connectivity index (χ1v) is 17.8. The predicted octanol–water partition coefficient (Wildman–Crippen LogP) is 8.29. The lowest BCUT2D eigenvalue weighted by Gasteiger charge is -2.20. The number of ether oxygens (including phenoxy) is 2. The number of likely N-dealkylation sites (tertiary alicyclic amines) is 2. The summed E-state index contributed by atoms with van der Waals surface area (Å²) in [6, 6.07) is 20.4. The molecule has 11 heteroatoms. The standard InChI is InChI=1S/C42H42F3N3O5/c1-26-29(11-12-30-20-40(51-3)31(19-37(30)42(43,44)45)22-48-16-14-32(50)23-48)6-4-7-34(26)35-8-5-9-36(27(35)2)41-46-38-18-28(10-13-39(38)53-41)21-47-17-15-33(24-47)52-25-49/h4-13,18-20,25,32-33,50H,14-17,21-24H2,1-3H3/b12-11+/t32-,33+/m0/s1. The number of aromatic nitrogens is 1. The molecular formula is C42H42F3N3O5. The van der Waals surface area contributed by atoms with Gasteiger partial charge in [-0.25, -0.2) is 4.98 Å². The molecule has 2 aliphatic rings. The molecule has 2 aliphatic heterocycles. The van der Waals surface area contributed by atoms with Crippen LogP contribution in [0.2, 0.25) is 0 Å². The van der Waals surface area contributed by atoms with Crippen LogP contribution in [-0.2, 0) is 28.8 Å². The molecule has 7 rings (SSSR count). The number of methoxy groups -OCH3 is 1. The van der Waals surface area contributed by atoms with Gasteiger partial charge in [0.1, 0.15) is 17.4 Å². The average Bonchev–Trinajstić information content (AvgIpc) is 3.87. The third-order valence-corrected chi connectivity index (χ3v) is 10.4. The van der Waals surface area contributed by atoms with E-state index in [1.54, 1.807) is 6.08 Å². The maximum absolute atomic E-state index is 14.4. The molecule has 5 aromatic rings. The minimum atomic E-state index is -4.57. The van der Waals surface area contributed by atoms with E-state index in [4.69, 9.17) is 18.9 Å². The van der Waals surface area contributed by atoms with Crippen molar-refractivity contribution in [2.45, 2.75) is 58.2 Å². The molecule has 53 heavy (non-hydrogen) atoms. The molecule has 4 aromatic carbocycles. The van der Waals surface area contributed by atoms with E-state index in [1.807, 2.05) is 73.3 Å². The van der Waals surface area contributed by atoms with Crippen LogP contribution in [0, 0.1) is 13.8 Å². The Morgan fingerprint density at radius 3 is 2.34 bits per heavy atom. The molecule has 0 bridgehead atoms. The van der Waals surface area contributed by atoms with Gasteiger partial charge in [-0.15, -0.1) is 0 Å². The number of halogens is 3. The van der Waals surface area contributed by atoms with Gasteiger partial charge in [-0.2, -0.15) is 13.2 Å². The van der Waals surface area contributed by atoms with Crippen LogP contribution < -0.4 is 4.74 Å². The zero-order valence-electron chi connectivity index (χ0n) is 30.0. The SMILES string of the molecule is COc1cc(/C=C/c2cccc(-c3cccc(-c4nc5cc(CN6CC[C@@H](OC=O)C6)ccc5o4)c3C)c2C)c(C(F)(F)F)cc1CN1CC[C@H](O)C1. The molecule has 2 atom stereocenters. The summed E-state index contributed by atoms with van der Waals surface area (Å²) in [6.45, 7) is 8.07. The number of nitrogens with zero attached hydrogens (tertiary/aromatic N) is 3. The molecule has 0 aliphatic carbocycles. The van der Waals surface area contributed by atoms with Crippen molar-refractivity contribution in [2.24, 2.45) is 0 Å². The van der Waals surface area contributed by atoms with Crippen LogP contribution in [0.15, 0.2) is 71.1 Å². The topological polar surface area (TPSA) is 88.3 Å². The Kier molecular flexibility index (Phi) is 10.4. The lowest BCUT2D eigenvalue weighted by molar-refractivity contribution is -0.138. The van der Waals surface area contributed by atoms with Crippen molar-refractivity contribution in [1.82, 2.24) is 14.8 Å². The normalized spacial score (nSPS) is 18.4. The van der Waals surface area contributed by atoms with E-state index < -0.39 is 17.8 Å². The molecule has 2 saturated heterocycles. The van der Waals surface area contributed by atoms with Gasteiger partial charge in [-0.1, -0.05) is 48.6 Å². The molecule has 276 valence electrons. The molecular weight excluding hydrogens is 683 g/mol. The molecule has 1 N–H and O–H groups in total. The maximum Gasteiger partial charge on any atom is 0.417 e. The monoisotopic (exact) mass is 725 g/mol. The number of aliphatic hydroxyl groups is 1. The third-order valence-electron chi connectivity index (χ3n) is 10.4. The number of alkyl halides is 3. The maximum atomic E-state index is 14.4. The average molecular weight is 726 g/mol. The lowest BCUT2D eigenvalue weighted by Crippen LogP contribution is -2.22. The van der Waals surface area contributed by atoms with Gasteiger partial charge in [0.15, 0.2) is 5.58 Å².